The van der Waals surface area contributed by atoms with Crippen LogP contribution in [0, 0.1) is 0 Å². The van der Waals surface area contributed by atoms with Crippen LogP contribution in [0.1, 0.15) is 32.2 Å². The maximum absolute atomic E-state index is 6.09. The van der Waals surface area contributed by atoms with Gasteiger partial charge in [-0.15, -0.1) is 0 Å². The van der Waals surface area contributed by atoms with E-state index >= 15 is 0 Å². The van der Waals surface area contributed by atoms with Crippen LogP contribution in [0.2, 0.25) is 0 Å². The molecule has 1 saturated heterocycles. The lowest BCUT2D eigenvalue weighted by Crippen LogP contribution is -2.34. The summed E-state index contributed by atoms with van der Waals surface area (Å²) in [5.41, 5.74) is 7.46. The lowest BCUT2D eigenvalue weighted by Gasteiger charge is -2.29. The molecule has 1 atom stereocenters. The van der Waals surface area contributed by atoms with Crippen molar-refractivity contribution in [3.63, 3.8) is 0 Å². The van der Waals surface area contributed by atoms with Crippen molar-refractivity contribution in [3.8, 4) is 5.88 Å². The van der Waals surface area contributed by atoms with Gasteiger partial charge < -0.3 is 15.4 Å². The summed E-state index contributed by atoms with van der Waals surface area (Å²) in [5, 5.41) is 0. The molecule has 0 radical (unpaired) electrons. The summed E-state index contributed by atoms with van der Waals surface area (Å²) in [6.07, 6.45) is 5.39. The van der Waals surface area contributed by atoms with E-state index in [-0.39, 0.29) is 6.04 Å². The summed E-state index contributed by atoms with van der Waals surface area (Å²) in [6, 6.07) is 0.215. The van der Waals surface area contributed by atoms with E-state index in [2.05, 4.69) is 26.8 Å². The van der Waals surface area contributed by atoms with Crippen LogP contribution in [0.15, 0.2) is 6.33 Å². The Balaban J connectivity index is 1.90. The van der Waals surface area contributed by atoms with E-state index in [0.29, 0.717) is 17.3 Å². The minimum Gasteiger partial charge on any atom is -0.479 e. The first kappa shape index (κ1) is 14.1. The molecule has 0 amide bonds. The molecule has 2 N–H and O–H groups in total. The van der Waals surface area contributed by atoms with Crippen LogP contribution in [0.5, 0.6) is 5.88 Å². The molecule has 1 aliphatic heterocycles. The Kier molecular flexibility index (Phi) is 3.92. The number of fused-ring (bicyclic) bond motifs is 1. The number of rotatable bonds is 4. The van der Waals surface area contributed by atoms with Gasteiger partial charge in [0.2, 0.25) is 11.8 Å². The maximum Gasteiger partial charge on any atom is 0.245 e. The van der Waals surface area contributed by atoms with Crippen molar-refractivity contribution >= 4 is 17.1 Å². The number of hydrogen-bond donors (Lipinski definition) is 1. The van der Waals surface area contributed by atoms with Crippen molar-refractivity contribution in [3.05, 3.63) is 6.33 Å². The van der Waals surface area contributed by atoms with Crippen LogP contribution in [0.25, 0.3) is 11.2 Å². The Hall–Kier alpha value is -1.89. The highest BCUT2D eigenvalue weighted by Gasteiger charge is 2.21. The molecular weight excluding hydrogens is 268 g/mol. The minimum absolute atomic E-state index is 0.215. The van der Waals surface area contributed by atoms with Crippen LogP contribution in [0.4, 0.5) is 5.95 Å². The minimum atomic E-state index is 0.215. The summed E-state index contributed by atoms with van der Waals surface area (Å²) in [5.74, 6) is 0.934. The van der Waals surface area contributed by atoms with Crippen molar-refractivity contribution in [1.29, 1.82) is 0 Å². The van der Waals surface area contributed by atoms with E-state index in [4.69, 9.17) is 10.5 Å². The van der Waals surface area contributed by atoms with E-state index in [1.165, 1.54) is 25.6 Å². The topological polar surface area (TPSA) is 82.1 Å². The van der Waals surface area contributed by atoms with E-state index in [1.54, 1.807) is 7.11 Å². The molecule has 0 spiro atoms. The lowest BCUT2D eigenvalue weighted by molar-refractivity contribution is 0.203. The number of nitrogens with zero attached hydrogens (tertiary/aromatic N) is 5. The second-order valence-electron chi connectivity index (χ2n) is 5.61. The van der Waals surface area contributed by atoms with Gasteiger partial charge in [-0.05, 0) is 32.9 Å². The molecule has 21 heavy (non-hydrogen) atoms. The SMILES string of the molecule is COc1ncnc2c1nc(N)n2C(C)CN1CCCCC1. The third-order valence-electron chi connectivity index (χ3n) is 4.08. The molecule has 1 aliphatic rings. The standard InChI is InChI=1S/C14H22N6O/c1-10(8-19-6-4-3-5-7-19)20-12-11(18-14(20)15)13(21-2)17-9-16-12/h9-10H,3-8H2,1-2H3,(H2,15,18). The van der Waals surface area contributed by atoms with E-state index in [9.17, 15) is 0 Å². The highest BCUT2D eigenvalue weighted by Crippen LogP contribution is 2.26. The summed E-state index contributed by atoms with van der Waals surface area (Å²) < 4.78 is 7.21. The average Bonchev–Trinajstić information content (AvgIpc) is 2.84. The Morgan fingerprint density at radius 1 is 1.29 bits per heavy atom. The van der Waals surface area contributed by atoms with Crippen LogP contribution in [0.3, 0.4) is 0 Å². The number of imidazole rings is 1. The van der Waals surface area contributed by atoms with Crippen molar-refractivity contribution < 1.29 is 4.74 Å². The van der Waals surface area contributed by atoms with Crippen molar-refractivity contribution in [2.24, 2.45) is 0 Å². The normalized spacial score (nSPS) is 18.0. The predicted octanol–water partition coefficient (Wildman–Crippen LogP) is 1.46. The quantitative estimate of drug-likeness (QED) is 0.918. The van der Waals surface area contributed by atoms with Gasteiger partial charge in [-0.3, -0.25) is 4.57 Å². The van der Waals surface area contributed by atoms with Crippen LogP contribution >= 0.6 is 0 Å². The van der Waals surface area contributed by atoms with Crippen molar-refractivity contribution in [2.75, 3.05) is 32.5 Å². The summed E-state index contributed by atoms with van der Waals surface area (Å²) in [4.78, 5) is 15.3. The van der Waals surface area contributed by atoms with Gasteiger partial charge in [-0.25, -0.2) is 9.97 Å². The number of nitrogen functional groups attached to an aromatic ring is 1. The number of anilines is 1. The molecule has 2 aromatic rings. The molecule has 0 saturated carbocycles. The van der Waals surface area contributed by atoms with Gasteiger partial charge in [0.05, 0.1) is 7.11 Å². The average molecular weight is 290 g/mol. The molecule has 114 valence electrons. The first-order valence-corrected chi connectivity index (χ1v) is 7.45. The fourth-order valence-corrected chi connectivity index (χ4v) is 3.09. The van der Waals surface area contributed by atoms with Gasteiger partial charge in [-0.2, -0.15) is 4.98 Å². The van der Waals surface area contributed by atoms with Gasteiger partial charge in [0.1, 0.15) is 6.33 Å². The number of aromatic nitrogens is 4. The van der Waals surface area contributed by atoms with Gasteiger partial charge in [-0.1, -0.05) is 6.42 Å². The van der Waals surface area contributed by atoms with Gasteiger partial charge >= 0.3 is 0 Å². The Morgan fingerprint density at radius 2 is 2.05 bits per heavy atom. The largest absolute Gasteiger partial charge is 0.479 e. The van der Waals surface area contributed by atoms with Crippen LogP contribution < -0.4 is 10.5 Å². The van der Waals surface area contributed by atoms with Crippen molar-refractivity contribution in [2.45, 2.75) is 32.2 Å². The number of piperidine rings is 1. The highest BCUT2D eigenvalue weighted by atomic mass is 16.5. The molecular formula is C14H22N6O. The molecule has 0 aromatic carbocycles. The van der Waals surface area contributed by atoms with E-state index < -0.39 is 0 Å². The first-order chi connectivity index (χ1) is 10.2. The molecule has 7 nitrogen and oxygen atoms in total. The third kappa shape index (κ3) is 2.65. The summed E-state index contributed by atoms with van der Waals surface area (Å²) in [7, 11) is 1.58. The third-order valence-corrected chi connectivity index (χ3v) is 4.08. The monoisotopic (exact) mass is 290 g/mol. The van der Waals surface area contributed by atoms with E-state index in [0.717, 1.165) is 25.3 Å². The molecule has 3 rings (SSSR count). The number of hydrogen-bond acceptors (Lipinski definition) is 6. The Bertz CT molecular complexity index is 619. The second-order valence-corrected chi connectivity index (χ2v) is 5.61. The zero-order chi connectivity index (χ0) is 14.8. The fourth-order valence-electron chi connectivity index (χ4n) is 3.09. The van der Waals surface area contributed by atoms with E-state index in [1.807, 2.05) is 4.57 Å². The fraction of sp³-hybridized carbons (Fsp3) is 0.643. The lowest BCUT2D eigenvalue weighted by atomic mass is 10.1. The number of ether oxygens (including phenoxy) is 1. The smallest absolute Gasteiger partial charge is 0.245 e. The second kappa shape index (κ2) is 5.85. The van der Waals surface area contributed by atoms with Gasteiger partial charge in [0, 0.05) is 12.6 Å². The van der Waals surface area contributed by atoms with Gasteiger partial charge in [0.15, 0.2) is 11.2 Å². The first-order valence-electron chi connectivity index (χ1n) is 7.45. The number of methoxy groups -OCH3 is 1. The maximum atomic E-state index is 6.09. The summed E-state index contributed by atoms with van der Waals surface area (Å²) in [6.45, 7) is 5.44. The molecule has 7 heteroatoms. The molecule has 1 fully saturated rings. The highest BCUT2D eigenvalue weighted by molar-refractivity contribution is 5.79. The van der Waals surface area contributed by atoms with Crippen LogP contribution in [-0.4, -0.2) is 51.2 Å². The predicted molar refractivity (Wildman–Crippen MR) is 81.3 cm³/mol. The molecule has 2 aromatic heterocycles. The number of likely N-dealkylation sites (tertiary alicyclic amines) is 1. The van der Waals surface area contributed by atoms with Crippen LogP contribution in [-0.2, 0) is 0 Å². The Labute approximate surface area is 124 Å². The van der Waals surface area contributed by atoms with Gasteiger partial charge in [0.25, 0.3) is 0 Å². The molecule has 3 heterocycles. The zero-order valence-electron chi connectivity index (χ0n) is 12.6. The van der Waals surface area contributed by atoms with Crippen molar-refractivity contribution in [1.82, 2.24) is 24.4 Å². The zero-order valence-corrected chi connectivity index (χ0v) is 12.6. The summed E-state index contributed by atoms with van der Waals surface area (Å²) >= 11 is 0. The molecule has 0 bridgehead atoms. The molecule has 0 aliphatic carbocycles. The molecule has 1 unspecified atom stereocenters. The Morgan fingerprint density at radius 3 is 2.76 bits per heavy atom. The number of nitrogens with two attached hydrogens (primary N) is 1.